The second-order valence-electron chi connectivity index (χ2n) is 10.1. The Kier molecular flexibility index (Phi) is 6.78. The summed E-state index contributed by atoms with van der Waals surface area (Å²) >= 11 is 0. The van der Waals surface area contributed by atoms with E-state index in [9.17, 15) is 22.8 Å². The maximum Gasteiger partial charge on any atom is 0.416 e. The molecule has 0 spiro atoms. The summed E-state index contributed by atoms with van der Waals surface area (Å²) < 4.78 is 50.6. The number of carbonyl (C=O) groups is 2. The molecule has 0 atom stereocenters. The van der Waals surface area contributed by atoms with Crippen LogP contribution in [0.15, 0.2) is 60.9 Å². The number of nitrogens with one attached hydrogen (secondary N) is 1. The van der Waals surface area contributed by atoms with Crippen molar-refractivity contribution in [3.8, 4) is 11.8 Å². The van der Waals surface area contributed by atoms with Crippen molar-refractivity contribution in [1.82, 2.24) is 19.9 Å². The van der Waals surface area contributed by atoms with E-state index in [-0.39, 0.29) is 36.1 Å². The van der Waals surface area contributed by atoms with Crippen molar-refractivity contribution in [2.45, 2.75) is 45.6 Å². The van der Waals surface area contributed by atoms with Gasteiger partial charge in [0.15, 0.2) is 0 Å². The molecule has 3 heterocycles. The molecule has 12 heteroatoms. The summed E-state index contributed by atoms with van der Waals surface area (Å²) in [5, 5.41) is 2.99. The number of alkyl halides is 3. The molecule has 0 bridgehead atoms. The van der Waals surface area contributed by atoms with Gasteiger partial charge in [-0.3, -0.25) is 9.69 Å². The van der Waals surface area contributed by atoms with Crippen LogP contribution in [0.5, 0.6) is 11.8 Å². The largest absolute Gasteiger partial charge is 0.444 e. The van der Waals surface area contributed by atoms with Crippen LogP contribution in [0.2, 0.25) is 0 Å². The molecule has 5 rings (SSSR count). The van der Waals surface area contributed by atoms with Crippen LogP contribution in [0.4, 0.5) is 23.7 Å². The van der Waals surface area contributed by atoms with E-state index in [1.807, 2.05) is 0 Å². The lowest BCUT2D eigenvalue weighted by molar-refractivity contribution is -0.137. The summed E-state index contributed by atoms with van der Waals surface area (Å²) in [6.07, 6.45) is -3.67. The first-order valence-electron chi connectivity index (χ1n) is 12.2. The van der Waals surface area contributed by atoms with Gasteiger partial charge in [0.2, 0.25) is 11.8 Å². The number of pyridine rings is 1. The van der Waals surface area contributed by atoms with Gasteiger partial charge in [-0.05, 0) is 57.2 Å². The minimum absolute atomic E-state index is 0.0165. The number of hydrogen-bond donors (Lipinski definition) is 1. The molecular formula is C28H24F3N5O4. The lowest BCUT2D eigenvalue weighted by atomic mass is 10.1. The van der Waals surface area contributed by atoms with Gasteiger partial charge in [-0.25, -0.2) is 19.7 Å². The van der Waals surface area contributed by atoms with Crippen LogP contribution in [-0.2, 0) is 24.0 Å². The number of fused-ring (bicyclic) bond motifs is 2. The number of ether oxygens (including phenoxy) is 2. The number of benzene rings is 2. The van der Waals surface area contributed by atoms with Crippen molar-refractivity contribution in [3.63, 3.8) is 0 Å². The van der Waals surface area contributed by atoms with Crippen molar-refractivity contribution in [3.05, 3.63) is 83.3 Å². The molecule has 0 unspecified atom stereocenters. The first-order chi connectivity index (χ1) is 18.9. The van der Waals surface area contributed by atoms with Gasteiger partial charge in [0.1, 0.15) is 11.9 Å². The van der Waals surface area contributed by atoms with Crippen LogP contribution in [0.3, 0.4) is 0 Å². The van der Waals surface area contributed by atoms with Crippen LogP contribution in [0.25, 0.3) is 10.9 Å². The third-order valence-electron chi connectivity index (χ3n) is 5.94. The number of hydrogen-bond acceptors (Lipinski definition) is 7. The molecule has 40 heavy (non-hydrogen) atoms. The Morgan fingerprint density at radius 2 is 1.75 bits per heavy atom. The Morgan fingerprint density at radius 3 is 2.50 bits per heavy atom. The zero-order chi connectivity index (χ0) is 28.7. The van der Waals surface area contributed by atoms with E-state index < -0.39 is 29.3 Å². The molecule has 0 aliphatic carbocycles. The molecule has 0 radical (unpaired) electrons. The molecule has 1 aliphatic rings. The second kappa shape index (κ2) is 10.1. The molecular weight excluding hydrogens is 527 g/mol. The first-order valence-corrected chi connectivity index (χ1v) is 12.2. The van der Waals surface area contributed by atoms with Crippen LogP contribution in [0.1, 0.15) is 48.0 Å². The quantitative estimate of drug-likeness (QED) is 0.316. The molecule has 4 aromatic rings. The van der Waals surface area contributed by atoms with Gasteiger partial charge in [0.05, 0.1) is 35.4 Å². The van der Waals surface area contributed by atoms with E-state index >= 15 is 0 Å². The van der Waals surface area contributed by atoms with Crippen LogP contribution in [0, 0.1) is 0 Å². The van der Waals surface area contributed by atoms with Gasteiger partial charge in [0.25, 0.3) is 5.91 Å². The highest BCUT2D eigenvalue weighted by Gasteiger charge is 2.32. The maximum atomic E-state index is 13.1. The zero-order valence-corrected chi connectivity index (χ0v) is 21.7. The average molecular weight is 552 g/mol. The molecule has 1 N–H and O–H groups in total. The summed E-state index contributed by atoms with van der Waals surface area (Å²) in [6.45, 7) is 5.81. The molecule has 2 aromatic heterocycles. The highest BCUT2D eigenvalue weighted by molar-refractivity contribution is 6.12. The topological polar surface area (TPSA) is 107 Å². The SMILES string of the molecule is CC(C)(C)OC(=O)N1Cc2ncnc(Oc3ccc4c(C(=O)Nc5cccc(C(F)(F)F)c5)cccc4n3)c2C1. The zero-order valence-electron chi connectivity index (χ0n) is 21.7. The summed E-state index contributed by atoms with van der Waals surface area (Å²) in [7, 11) is 0. The average Bonchev–Trinajstić information content (AvgIpc) is 3.33. The number of anilines is 1. The van der Waals surface area contributed by atoms with Crippen molar-refractivity contribution in [1.29, 1.82) is 0 Å². The van der Waals surface area contributed by atoms with Crippen molar-refractivity contribution in [2.75, 3.05) is 5.32 Å². The highest BCUT2D eigenvalue weighted by atomic mass is 19.4. The van der Waals surface area contributed by atoms with Crippen LogP contribution < -0.4 is 10.1 Å². The predicted molar refractivity (Wildman–Crippen MR) is 139 cm³/mol. The number of aromatic nitrogens is 3. The highest BCUT2D eigenvalue weighted by Crippen LogP contribution is 2.33. The van der Waals surface area contributed by atoms with Crippen molar-refractivity contribution >= 4 is 28.6 Å². The van der Waals surface area contributed by atoms with Gasteiger partial charge >= 0.3 is 12.3 Å². The molecule has 0 saturated carbocycles. The lowest BCUT2D eigenvalue weighted by Crippen LogP contribution is -2.33. The van der Waals surface area contributed by atoms with Gasteiger partial charge in [-0.15, -0.1) is 0 Å². The van der Waals surface area contributed by atoms with E-state index in [0.29, 0.717) is 22.2 Å². The molecule has 2 amide bonds. The van der Waals surface area contributed by atoms with E-state index in [4.69, 9.17) is 9.47 Å². The molecule has 0 fully saturated rings. The predicted octanol–water partition coefficient (Wildman–Crippen LogP) is 6.34. The summed E-state index contributed by atoms with van der Waals surface area (Å²) in [4.78, 5) is 39.9. The summed E-state index contributed by atoms with van der Waals surface area (Å²) in [6, 6.07) is 12.4. The number of amides is 2. The smallest absolute Gasteiger partial charge is 0.416 e. The minimum atomic E-state index is -4.53. The normalized spacial score (nSPS) is 13.2. The number of halogens is 3. The number of carbonyl (C=O) groups excluding carboxylic acids is 2. The lowest BCUT2D eigenvalue weighted by Gasteiger charge is -2.23. The third kappa shape index (κ3) is 5.80. The Bertz CT molecular complexity index is 1620. The number of rotatable bonds is 4. The second-order valence-corrected chi connectivity index (χ2v) is 10.1. The van der Waals surface area contributed by atoms with E-state index in [2.05, 4.69) is 20.3 Å². The number of nitrogens with zero attached hydrogens (tertiary/aromatic N) is 4. The van der Waals surface area contributed by atoms with Gasteiger partial charge in [0, 0.05) is 22.7 Å². The van der Waals surface area contributed by atoms with Gasteiger partial charge in [-0.1, -0.05) is 12.1 Å². The molecule has 2 aromatic carbocycles. The van der Waals surface area contributed by atoms with E-state index in [0.717, 1.165) is 12.1 Å². The molecule has 0 saturated heterocycles. The van der Waals surface area contributed by atoms with Gasteiger partial charge in [-0.2, -0.15) is 13.2 Å². The molecule has 1 aliphatic heterocycles. The Morgan fingerprint density at radius 1 is 0.975 bits per heavy atom. The fourth-order valence-corrected chi connectivity index (χ4v) is 4.16. The summed E-state index contributed by atoms with van der Waals surface area (Å²) in [5.74, 6) is -0.155. The van der Waals surface area contributed by atoms with E-state index in [1.54, 1.807) is 51.1 Å². The summed E-state index contributed by atoms with van der Waals surface area (Å²) in [5.41, 5.74) is 0.420. The Hall–Kier alpha value is -4.74. The molecule has 9 nitrogen and oxygen atoms in total. The first kappa shape index (κ1) is 26.9. The minimum Gasteiger partial charge on any atom is -0.444 e. The van der Waals surface area contributed by atoms with Crippen molar-refractivity contribution < 1.29 is 32.2 Å². The van der Waals surface area contributed by atoms with Crippen LogP contribution >= 0.6 is 0 Å². The Balaban J connectivity index is 1.35. The maximum absolute atomic E-state index is 13.1. The standard InChI is InChI=1S/C28H24F3N5O4/c1-27(2,3)40-26(38)36-13-20-22(14-36)32-15-33-25(20)39-23-11-10-18-19(8-5-9-21(18)35-23)24(37)34-17-7-4-6-16(12-17)28(29,30)31/h4-12,15H,13-14H2,1-3H3,(H,34,37). The Labute approximate surface area is 227 Å². The monoisotopic (exact) mass is 551 g/mol. The fourth-order valence-electron chi connectivity index (χ4n) is 4.16. The fraction of sp³-hybridized carbons (Fsp3) is 0.250. The van der Waals surface area contributed by atoms with Crippen molar-refractivity contribution in [2.24, 2.45) is 0 Å². The van der Waals surface area contributed by atoms with Crippen LogP contribution in [-0.4, -0.2) is 37.5 Å². The van der Waals surface area contributed by atoms with Gasteiger partial charge < -0.3 is 14.8 Å². The third-order valence-corrected chi connectivity index (χ3v) is 5.94. The molecule has 206 valence electrons. The van der Waals surface area contributed by atoms with E-state index in [1.165, 1.54) is 23.4 Å².